The van der Waals surface area contributed by atoms with Crippen molar-refractivity contribution in [3.63, 3.8) is 0 Å². The summed E-state index contributed by atoms with van der Waals surface area (Å²) in [6.07, 6.45) is 7.62. The second kappa shape index (κ2) is 2.06. The highest BCUT2D eigenvalue weighted by molar-refractivity contribution is 5.05. The van der Waals surface area contributed by atoms with Crippen LogP contribution in [0.15, 0.2) is 23.1 Å². The molecule has 10 heavy (non-hydrogen) atoms. The number of oxazole rings is 1. The van der Waals surface area contributed by atoms with Crippen LogP contribution in [0.5, 0.6) is 0 Å². The molecule has 2 rings (SSSR count). The standard InChI is InChI=1S/C6H6N3O/c1-2-8-6(7-1)5-3-10-4-9-5/h1-3,6-8H. The summed E-state index contributed by atoms with van der Waals surface area (Å²) in [5.41, 5.74) is 0.810. The fourth-order valence-electron chi connectivity index (χ4n) is 0.832. The zero-order valence-electron chi connectivity index (χ0n) is 5.16. The second-order valence-electron chi connectivity index (χ2n) is 1.96. The van der Waals surface area contributed by atoms with Gasteiger partial charge in [0.2, 0.25) is 0 Å². The first kappa shape index (κ1) is 5.34. The minimum absolute atomic E-state index is 0.0509. The normalized spacial score (nSPS) is 16.8. The Balaban J connectivity index is 2.14. The predicted octanol–water partition coefficient (Wildman–Crippen LogP) is 0.137. The average Bonchev–Trinajstić information content (AvgIpc) is 2.59. The number of hydrogen-bond acceptors (Lipinski definition) is 4. The van der Waals surface area contributed by atoms with Crippen molar-refractivity contribution in [1.29, 1.82) is 0 Å². The Hall–Kier alpha value is -1.45. The molecule has 0 amide bonds. The van der Waals surface area contributed by atoms with Gasteiger partial charge >= 0.3 is 0 Å². The molecule has 51 valence electrons. The van der Waals surface area contributed by atoms with Crippen LogP contribution in [0.25, 0.3) is 0 Å². The van der Waals surface area contributed by atoms with Gasteiger partial charge in [0.25, 0.3) is 6.39 Å². The lowest BCUT2D eigenvalue weighted by Crippen LogP contribution is -2.20. The van der Waals surface area contributed by atoms with E-state index in [4.69, 9.17) is 0 Å². The van der Waals surface area contributed by atoms with Crippen LogP contribution in [0.1, 0.15) is 11.9 Å². The van der Waals surface area contributed by atoms with E-state index in [0.29, 0.717) is 0 Å². The maximum Gasteiger partial charge on any atom is 0.283 e. The number of aromatic nitrogens is 1. The highest BCUT2D eigenvalue weighted by Crippen LogP contribution is 2.08. The Labute approximate surface area is 57.9 Å². The maximum atomic E-state index is 4.68. The van der Waals surface area contributed by atoms with Gasteiger partial charge in [-0.15, -0.1) is 0 Å². The molecule has 1 aliphatic rings. The van der Waals surface area contributed by atoms with E-state index in [0.717, 1.165) is 5.69 Å². The van der Waals surface area contributed by atoms with Crippen LogP contribution in [0.2, 0.25) is 0 Å². The first-order valence-electron chi connectivity index (χ1n) is 2.95. The van der Waals surface area contributed by atoms with E-state index in [-0.39, 0.29) is 6.17 Å². The molecule has 2 heterocycles. The van der Waals surface area contributed by atoms with Crippen LogP contribution in [-0.2, 0) is 0 Å². The Morgan fingerprint density at radius 3 is 2.90 bits per heavy atom. The maximum absolute atomic E-state index is 4.68. The van der Waals surface area contributed by atoms with Gasteiger partial charge in [0.05, 0.1) is 0 Å². The highest BCUT2D eigenvalue weighted by atomic mass is 16.3. The van der Waals surface area contributed by atoms with E-state index < -0.39 is 0 Å². The van der Waals surface area contributed by atoms with Crippen molar-refractivity contribution in [1.82, 2.24) is 15.6 Å². The van der Waals surface area contributed by atoms with E-state index in [2.05, 4.69) is 26.4 Å². The van der Waals surface area contributed by atoms with Crippen molar-refractivity contribution in [2.24, 2.45) is 0 Å². The molecule has 0 spiro atoms. The molecule has 4 nitrogen and oxygen atoms in total. The van der Waals surface area contributed by atoms with Gasteiger partial charge in [0.15, 0.2) is 0 Å². The van der Waals surface area contributed by atoms with Gasteiger partial charge in [-0.1, -0.05) is 0 Å². The molecule has 4 heteroatoms. The zero-order valence-corrected chi connectivity index (χ0v) is 5.16. The van der Waals surface area contributed by atoms with Crippen LogP contribution in [0.4, 0.5) is 0 Å². The van der Waals surface area contributed by atoms with Gasteiger partial charge in [0, 0.05) is 12.4 Å². The molecule has 1 aliphatic heterocycles. The SMILES string of the molecule is [c]1nc(C2NC=CN2)co1. The van der Waals surface area contributed by atoms with Crippen LogP contribution in [0, 0.1) is 6.39 Å². The summed E-state index contributed by atoms with van der Waals surface area (Å²) in [6, 6.07) is 0. The second-order valence-corrected chi connectivity index (χ2v) is 1.96. The lowest BCUT2D eigenvalue weighted by Gasteiger charge is -2.06. The van der Waals surface area contributed by atoms with Crippen molar-refractivity contribution in [2.45, 2.75) is 6.17 Å². The summed E-state index contributed by atoms with van der Waals surface area (Å²) >= 11 is 0. The Bertz CT molecular complexity index is 221. The van der Waals surface area contributed by atoms with Gasteiger partial charge in [0.1, 0.15) is 18.1 Å². The highest BCUT2D eigenvalue weighted by Gasteiger charge is 2.12. The van der Waals surface area contributed by atoms with Gasteiger partial charge in [-0.05, 0) is 0 Å². The third-order valence-corrected chi connectivity index (χ3v) is 1.31. The van der Waals surface area contributed by atoms with Crippen molar-refractivity contribution >= 4 is 0 Å². The number of nitrogens with zero attached hydrogens (tertiary/aromatic N) is 1. The summed E-state index contributed by atoms with van der Waals surface area (Å²) in [5, 5.41) is 6.05. The first-order valence-corrected chi connectivity index (χ1v) is 2.95. The van der Waals surface area contributed by atoms with E-state index in [1.807, 2.05) is 12.4 Å². The van der Waals surface area contributed by atoms with E-state index >= 15 is 0 Å². The molecule has 1 radical (unpaired) electrons. The van der Waals surface area contributed by atoms with Crippen LogP contribution in [0.3, 0.4) is 0 Å². The van der Waals surface area contributed by atoms with Gasteiger partial charge in [-0.25, -0.2) is 4.98 Å². The van der Waals surface area contributed by atoms with Crippen molar-refractivity contribution in [2.75, 3.05) is 0 Å². The third-order valence-electron chi connectivity index (χ3n) is 1.31. The van der Waals surface area contributed by atoms with Gasteiger partial charge in [-0.2, -0.15) is 0 Å². The molecule has 0 aliphatic carbocycles. The molecule has 0 fully saturated rings. The first-order chi connectivity index (χ1) is 4.97. The summed E-state index contributed by atoms with van der Waals surface area (Å²) in [7, 11) is 0. The minimum Gasteiger partial charge on any atom is -0.441 e. The molecular weight excluding hydrogens is 130 g/mol. The molecular formula is C6H6N3O. The molecule has 0 aromatic carbocycles. The topological polar surface area (TPSA) is 50.1 Å². The molecule has 0 saturated heterocycles. The number of nitrogens with one attached hydrogen (secondary N) is 2. The van der Waals surface area contributed by atoms with Crippen LogP contribution < -0.4 is 10.6 Å². The van der Waals surface area contributed by atoms with E-state index in [1.165, 1.54) is 0 Å². The lowest BCUT2D eigenvalue weighted by molar-refractivity contribution is 0.538. The van der Waals surface area contributed by atoms with Gasteiger partial charge < -0.3 is 15.1 Å². The Morgan fingerprint density at radius 2 is 2.30 bits per heavy atom. The Kier molecular flexibility index (Phi) is 1.10. The van der Waals surface area contributed by atoms with Crippen LogP contribution in [-0.4, -0.2) is 4.98 Å². The lowest BCUT2D eigenvalue weighted by atomic mass is 10.4. The summed E-state index contributed by atoms with van der Waals surface area (Å²) in [4.78, 5) is 3.84. The molecule has 0 unspecified atom stereocenters. The van der Waals surface area contributed by atoms with Crippen LogP contribution >= 0.6 is 0 Å². The largest absolute Gasteiger partial charge is 0.441 e. The quantitative estimate of drug-likeness (QED) is 0.576. The summed E-state index contributed by atoms with van der Waals surface area (Å²) < 4.78 is 4.68. The third kappa shape index (κ3) is 0.737. The monoisotopic (exact) mass is 136 g/mol. The molecule has 1 aromatic rings. The zero-order chi connectivity index (χ0) is 6.81. The molecule has 1 aromatic heterocycles. The summed E-state index contributed by atoms with van der Waals surface area (Å²) in [5.74, 6) is 0. The number of rotatable bonds is 1. The average molecular weight is 136 g/mol. The van der Waals surface area contributed by atoms with Crippen molar-refractivity contribution < 1.29 is 4.42 Å². The summed E-state index contributed by atoms with van der Waals surface area (Å²) in [6.45, 7) is 0. The van der Waals surface area contributed by atoms with Gasteiger partial charge in [-0.3, -0.25) is 0 Å². The fourth-order valence-corrected chi connectivity index (χ4v) is 0.832. The van der Waals surface area contributed by atoms with E-state index in [9.17, 15) is 0 Å². The van der Waals surface area contributed by atoms with Crippen molar-refractivity contribution in [3.8, 4) is 0 Å². The minimum atomic E-state index is 0.0509. The molecule has 0 atom stereocenters. The van der Waals surface area contributed by atoms with Crippen molar-refractivity contribution in [3.05, 3.63) is 30.8 Å². The van der Waals surface area contributed by atoms with E-state index in [1.54, 1.807) is 6.26 Å². The molecule has 0 saturated carbocycles. The molecule has 0 bridgehead atoms. The fraction of sp³-hybridized carbons (Fsp3) is 0.167. The molecule has 2 N–H and O–H groups in total. The number of hydrogen-bond donors (Lipinski definition) is 2. The Morgan fingerprint density at radius 1 is 1.50 bits per heavy atom. The predicted molar refractivity (Wildman–Crippen MR) is 33.5 cm³/mol. The smallest absolute Gasteiger partial charge is 0.283 e.